The zero-order valence-electron chi connectivity index (χ0n) is 10.2. The summed E-state index contributed by atoms with van der Waals surface area (Å²) in [5.74, 6) is -1.90. The summed E-state index contributed by atoms with van der Waals surface area (Å²) in [4.78, 5) is 10.7. The number of carboxylic acid groups (broad SMARTS) is 1. The van der Waals surface area contributed by atoms with E-state index in [0.717, 1.165) is 12.1 Å². The first-order chi connectivity index (χ1) is 9.83. The summed E-state index contributed by atoms with van der Waals surface area (Å²) < 4.78 is 31.0. The van der Waals surface area contributed by atoms with E-state index in [9.17, 15) is 13.2 Å². The lowest BCUT2D eigenvalue weighted by molar-refractivity contribution is 0.0656. The van der Waals surface area contributed by atoms with Gasteiger partial charge in [0.2, 0.25) is 10.9 Å². The number of aromatic carboxylic acids is 1. The van der Waals surface area contributed by atoms with Gasteiger partial charge in [-0.15, -0.1) is 0 Å². The number of carboxylic acids is 1. The minimum atomic E-state index is -4.15. The second-order valence-corrected chi connectivity index (χ2v) is 5.86. The molecule has 0 radical (unpaired) electrons. The van der Waals surface area contributed by atoms with Gasteiger partial charge in [-0.1, -0.05) is 11.6 Å². The molecular formula is C12H7ClN2O5S. The van der Waals surface area contributed by atoms with E-state index in [2.05, 4.69) is 4.72 Å². The van der Waals surface area contributed by atoms with Crippen molar-refractivity contribution in [3.05, 3.63) is 46.7 Å². The number of carbonyl (C=O) groups is 1. The van der Waals surface area contributed by atoms with E-state index in [4.69, 9.17) is 26.4 Å². The molecular weight excluding hydrogens is 320 g/mol. The summed E-state index contributed by atoms with van der Waals surface area (Å²) >= 11 is 5.84. The first-order valence-corrected chi connectivity index (χ1v) is 7.25. The molecule has 0 unspecified atom stereocenters. The predicted molar refractivity (Wildman–Crippen MR) is 72.6 cm³/mol. The van der Waals surface area contributed by atoms with E-state index in [1.165, 1.54) is 18.2 Å². The molecule has 1 heterocycles. The molecule has 0 saturated carbocycles. The summed E-state index contributed by atoms with van der Waals surface area (Å²) in [6.45, 7) is 0. The SMILES string of the molecule is N#Cc1ccc(Cl)c(NS(=O)(=O)c2ccc(C(=O)O)o2)c1. The maximum Gasteiger partial charge on any atom is 0.371 e. The number of hydrogen-bond acceptors (Lipinski definition) is 5. The molecule has 7 nitrogen and oxygen atoms in total. The van der Waals surface area contributed by atoms with Crippen LogP contribution in [0.5, 0.6) is 0 Å². The van der Waals surface area contributed by atoms with Gasteiger partial charge in [0.05, 0.1) is 22.3 Å². The van der Waals surface area contributed by atoms with Crippen LogP contribution in [0.25, 0.3) is 0 Å². The van der Waals surface area contributed by atoms with Gasteiger partial charge in [-0.25, -0.2) is 4.79 Å². The lowest BCUT2D eigenvalue weighted by Crippen LogP contribution is -2.12. The van der Waals surface area contributed by atoms with Gasteiger partial charge in [-0.3, -0.25) is 4.72 Å². The molecule has 1 aromatic carbocycles. The van der Waals surface area contributed by atoms with Crippen molar-refractivity contribution in [1.82, 2.24) is 0 Å². The molecule has 0 amide bonds. The van der Waals surface area contributed by atoms with Crippen molar-refractivity contribution in [3.8, 4) is 6.07 Å². The van der Waals surface area contributed by atoms with Crippen LogP contribution in [0.3, 0.4) is 0 Å². The third-order valence-electron chi connectivity index (χ3n) is 2.40. The van der Waals surface area contributed by atoms with Gasteiger partial charge in [0.1, 0.15) is 0 Å². The number of nitrogens with one attached hydrogen (secondary N) is 1. The summed E-state index contributed by atoms with van der Waals surface area (Å²) in [6.07, 6.45) is 0. The Morgan fingerprint density at radius 3 is 2.62 bits per heavy atom. The Hall–Kier alpha value is -2.50. The van der Waals surface area contributed by atoms with Gasteiger partial charge in [0.15, 0.2) is 0 Å². The molecule has 1 aromatic heterocycles. The second-order valence-electron chi connectivity index (χ2n) is 3.84. The topological polar surface area (TPSA) is 120 Å². The van der Waals surface area contributed by atoms with Crippen LogP contribution in [0, 0.1) is 11.3 Å². The van der Waals surface area contributed by atoms with Gasteiger partial charge in [0, 0.05) is 0 Å². The van der Waals surface area contributed by atoms with Crippen molar-refractivity contribution in [2.24, 2.45) is 0 Å². The smallest absolute Gasteiger partial charge is 0.371 e. The summed E-state index contributed by atoms with van der Waals surface area (Å²) in [7, 11) is -4.15. The third-order valence-corrected chi connectivity index (χ3v) is 3.96. The van der Waals surface area contributed by atoms with Gasteiger partial charge in [0.25, 0.3) is 10.0 Å². The fourth-order valence-electron chi connectivity index (χ4n) is 1.45. The van der Waals surface area contributed by atoms with E-state index in [-0.39, 0.29) is 16.3 Å². The second kappa shape index (κ2) is 5.47. The van der Waals surface area contributed by atoms with Crippen LogP contribution in [-0.4, -0.2) is 19.5 Å². The average Bonchev–Trinajstić information content (AvgIpc) is 2.92. The number of anilines is 1. The molecule has 2 rings (SSSR count). The van der Waals surface area contributed by atoms with Crippen molar-refractivity contribution in [2.75, 3.05) is 4.72 Å². The number of halogens is 1. The number of benzene rings is 1. The quantitative estimate of drug-likeness (QED) is 0.889. The molecule has 9 heteroatoms. The van der Waals surface area contributed by atoms with Crippen molar-refractivity contribution in [1.29, 1.82) is 5.26 Å². The van der Waals surface area contributed by atoms with E-state index in [1.807, 2.05) is 6.07 Å². The van der Waals surface area contributed by atoms with Crippen LogP contribution in [0.1, 0.15) is 16.1 Å². The maximum absolute atomic E-state index is 12.1. The Bertz CT molecular complexity index is 851. The Morgan fingerprint density at radius 1 is 1.33 bits per heavy atom. The third kappa shape index (κ3) is 3.16. The molecule has 2 aromatic rings. The molecule has 0 aliphatic heterocycles. The Balaban J connectivity index is 2.37. The highest BCUT2D eigenvalue weighted by molar-refractivity contribution is 7.92. The summed E-state index contributed by atoms with van der Waals surface area (Å²) in [5, 5.41) is 17.0. The number of furan rings is 1. The molecule has 2 N–H and O–H groups in total. The van der Waals surface area contributed by atoms with Gasteiger partial charge in [-0.2, -0.15) is 13.7 Å². The highest BCUT2D eigenvalue weighted by atomic mass is 35.5. The molecule has 0 saturated heterocycles. The molecule has 0 spiro atoms. The van der Waals surface area contributed by atoms with Gasteiger partial charge >= 0.3 is 5.97 Å². The van der Waals surface area contributed by atoms with Crippen LogP contribution >= 0.6 is 11.6 Å². The van der Waals surface area contributed by atoms with E-state index in [0.29, 0.717) is 0 Å². The number of nitrogens with zero attached hydrogens (tertiary/aromatic N) is 1. The zero-order chi connectivity index (χ0) is 15.6. The van der Waals surface area contributed by atoms with Crippen LogP contribution in [0.15, 0.2) is 39.8 Å². The van der Waals surface area contributed by atoms with Crippen molar-refractivity contribution >= 4 is 33.3 Å². The molecule has 0 fully saturated rings. The molecule has 0 aliphatic rings. The fourth-order valence-corrected chi connectivity index (χ4v) is 2.67. The van der Waals surface area contributed by atoms with Gasteiger partial charge in [-0.05, 0) is 30.3 Å². The van der Waals surface area contributed by atoms with Crippen LogP contribution in [0.2, 0.25) is 5.02 Å². The van der Waals surface area contributed by atoms with E-state index < -0.39 is 26.8 Å². The standard InChI is InChI=1S/C12H7ClN2O5S/c13-8-2-1-7(6-14)5-9(8)15-21(18,19)11-4-3-10(20-11)12(16)17/h1-5,15H,(H,16,17). The summed E-state index contributed by atoms with van der Waals surface area (Å²) in [5.41, 5.74) is 0.201. The van der Waals surface area contributed by atoms with Crippen LogP contribution < -0.4 is 4.72 Å². The Labute approximate surface area is 124 Å². The van der Waals surface area contributed by atoms with Gasteiger partial charge < -0.3 is 9.52 Å². The van der Waals surface area contributed by atoms with Crippen molar-refractivity contribution < 1.29 is 22.7 Å². The summed E-state index contributed by atoms with van der Waals surface area (Å²) in [6, 6.07) is 7.91. The first-order valence-electron chi connectivity index (χ1n) is 5.39. The normalized spacial score (nSPS) is 10.9. The molecule has 108 valence electrons. The van der Waals surface area contributed by atoms with Crippen molar-refractivity contribution in [3.63, 3.8) is 0 Å². The average molecular weight is 327 g/mol. The minimum Gasteiger partial charge on any atom is -0.475 e. The van der Waals surface area contributed by atoms with Crippen LogP contribution in [0.4, 0.5) is 5.69 Å². The zero-order valence-corrected chi connectivity index (χ0v) is 11.8. The Kier molecular flexibility index (Phi) is 3.88. The molecule has 21 heavy (non-hydrogen) atoms. The maximum atomic E-state index is 12.1. The molecule has 0 bridgehead atoms. The van der Waals surface area contributed by atoms with Crippen molar-refractivity contribution in [2.45, 2.75) is 5.09 Å². The lowest BCUT2D eigenvalue weighted by atomic mass is 10.2. The monoisotopic (exact) mass is 326 g/mol. The molecule has 0 aliphatic carbocycles. The highest BCUT2D eigenvalue weighted by Gasteiger charge is 2.22. The molecule has 0 atom stereocenters. The number of sulfonamides is 1. The highest BCUT2D eigenvalue weighted by Crippen LogP contribution is 2.26. The lowest BCUT2D eigenvalue weighted by Gasteiger charge is -2.07. The Morgan fingerprint density at radius 2 is 2.05 bits per heavy atom. The fraction of sp³-hybridized carbons (Fsp3) is 0. The number of hydrogen-bond donors (Lipinski definition) is 2. The van der Waals surface area contributed by atoms with E-state index in [1.54, 1.807) is 0 Å². The first kappa shape index (κ1) is 14.9. The predicted octanol–water partition coefficient (Wildman–Crippen LogP) is 2.30. The number of rotatable bonds is 4. The largest absolute Gasteiger partial charge is 0.475 e. The minimum absolute atomic E-state index is 0.0102. The van der Waals surface area contributed by atoms with E-state index >= 15 is 0 Å². The number of nitriles is 1. The van der Waals surface area contributed by atoms with Crippen LogP contribution in [-0.2, 0) is 10.0 Å².